The number of nitrogens with one attached hydrogen (secondary N) is 1. The van der Waals surface area contributed by atoms with Crippen LogP contribution in [0.5, 0.6) is 0 Å². The topological polar surface area (TPSA) is 111 Å². The third-order valence-electron chi connectivity index (χ3n) is 4.77. The zero-order valence-corrected chi connectivity index (χ0v) is 20.6. The average molecular weight is 526 g/mol. The second-order valence-corrected chi connectivity index (χ2v) is 11.5. The number of anilines is 1. The van der Waals surface area contributed by atoms with Gasteiger partial charge in [0, 0.05) is 17.9 Å². The molecule has 0 saturated heterocycles. The molecule has 5 rings (SSSR count). The Balaban J connectivity index is 1.16. The van der Waals surface area contributed by atoms with Crippen molar-refractivity contribution in [2.75, 3.05) is 11.1 Å². The van der Waals surface area contributed by atoms with Gasteiger partial charge in [0.1, 0.15) is 0 Å². The molecule has 2 heterocycles. The molecule has 0 spiro atoms. The molecule has 170 valence electrons. The van der Waals surface area contributed by atoms with Gasteiger partial charge in [0.2, 0.25) is 11.0 Å². The quantitative estimate of drug-likeness (QED) is 0.110. The van der Waals surface area contributed by atoms with Crippen molar-refractivity contribution >= 4 is 83.9 Å². The first-order valence-corrected chi connectivity index (χ1v) is 13.6. The second kappa shape index (κ2) is 10.1. The van der Waals surface area contributed by atoms with Gasteiger partial charge in [-0.1, -0.05) is 77.3 Å². The summed E-state index contributed by atoms with van der Waals surface area (Å²) in [6, 6.07) is 19.1. The molecule has 0 saturated carbocycles. The number of non-ortho nitro benzene ring substituents is 1. The molecule has 2 aromatic heterocycles. The largest absolute Gasteiger partial charge is 0.300 e. The Hall–Kier alpha value is -3.06. The molecule has 0 atom stereocenters. The molecule has 0 aliphatic heterocycles. The predicted octanol–water partition coefficient (Wildman–Crippen LogP) is 6.23. The summed E-state index contributed by atoms with van der Waals surface area (Å²) in [4.78, 5) is 27.3. The van der Waals surface area contributed by atoms with Crippen molar-refractivity contribution in [2.24, 2.45) is 0 Å². The lowest BCUT2D eigenvalue weighted by Crippen LogP contribution is -2.13. The summed E-state index contributed by atoms with van der Waals surface area (Å²) in [7, 11) is 0. The summed E-state index contributed by atoms with van der Waals surface area (Å²) >= 11 is 5.53. The van der Waals surface area contributed by atoms with Crippen LogP contribution < -0.4 is 5.32 Å². The molecule has 0 radical (unpaired) electrons. The minimum absolute atomic E-state index is 0.0239. The van der Waals surface area contributed by atoms with Gasteiger partial charge in [0.25, 0.3) is 5.69 Å². The number of benzene rings is 3. The third kappa shape index (κ3) is 5.20. The highest BCUT2D eigenvalue weighted by Gasteiger charge is 2.14. The van der Waals surface area contributed by atoms with Gasteiger partial charge < -0.3 is 0 Å². The van der Waals surface area contributed by atoms with Crippen LogP contribution in [0.2, 0.25) is 0 Å². The smallest absolute Gasteiger partial charge is 0.270 e. The van der Waals surface area contributed by atoms with Gasteiger partial charge >= 0.3 is 0 Å². The summed E-state index contributed by atoms with van der Waals surface area (Å²) < 4.78 is 2.17. The zero-order valence-electron chi connectivity index (χ0n) is 17.3. The van der Waals surface area contributed by atoms with Crippen LogP contribution in [0.15, 0.2) is 69.3 Å². The maximum atomic E-state index is 12.4. The van der Waals surface area contributed by atoms with E-state index in [2.05, 4.69) is 44.8 Å². The first-order valence-electron chi connectivity index (χ1n) is 9.96. The molecule has 12 heteroatoms. The van der Waals surface area contributed by atoms with Crippen LogP contribution in [0.25, 0.3) is 21.0 Å². The number of aromatic nitrogens is 3. The van der Waals surface area contributed by atoms with E-state index in [1.54, 1.807) is 17.8 Å². The first kappa shape index (κ1) is 22.7. The summed E-state index contributed by atoms with van der Waals surface area (Å²) in [5.41, 5.74) is 1.92. The van der Waals surface area contributed by atoms with E-state index >= 15 is 0 Å². The minimum atomic E-state index is -0.434. The van der Waals surface area contributed by atoms with E-state index in [0.717, 1.165) is 10.1 Å². The number of rotatable bonds is 8. The van der Waals surface area contributed by atoms with E-state index in [1.807, 2.05) is 18.2 Å². The van der Waals surface area contributed by atoms with Gasteiger partial charge in [-0.05, 0) is 22.4 Å². The number of nitrogens with zero attached hydrogens (tertiary/aromatic N) is 4. The molecule has 0 fully saturated rings. The first-order chi connectivity index (χ1) is 16.5. The highest BCUT2D eigenvalue weighted by molar-refractivity contribution is 8.01. The van der Waals surface area contributed by atoms with Crippen molar-refractivity contribution in [1.82, 2.24) is 15.2 Å². The molecule has 0 aliphatic carbocycles. The van der Waals surface area contributed by atoms with Crippen molar-refractivity contribution in [3.8, 4) is 0 Å². The molecule has 1 N–H and O–H groups in total. The van der Waals surface area contributed by atoms with Crippen LogP contribution >= 0.6 is 46.2 Å². The van der Waals surface area contributed by atoms with Gasteiger partial charge in [-0.3, -0.25) is 20.2 Å². The van der Waals surface area contributed by atoms with Crippen LogP contribution in [0, 0.1) is 10.1 Å². The lowest BCUT2D eigenvalue weighted by atomic mass is 10.1. The van der Waals surface area contributed by atoms with Gasteiger partial charge in [0.15, 0.2) is 8.68 Å². The van der Waals surface area contributed by atoms with Crippen LogP contribution in [-0.4, -0.2) is 31.8 Å². The Labute approximate surface area is 210 Å². The number of thioether (sulfide) groups is 2. The van der Waals surface area contributed by atoms with Gasteiger partial charge in [0.05, 0.1) is 20.9 Å². The molecule has 3 aromatic carbocycles. The standard InChI is InChI=1S/C22H15N5O3S4/c28-19(12-32-21-23-17-9-8-15(27(29)30)10-18(17)33-21)24-20-25-26-22(34-20)31-11-14-6-3-5-13-4-1-2-7-16(13)14/h1-10H,11-12H2,(H,24,25,28). The number of thiazole rings is 1. The maximum Gasteiger partial charge on any atom is 0.270 e. The summed E-state index contributed by atoms with van der Waals surface area (Å²) in [6.07, 6.45) is 0. The molecule has 1 amide bonds. The number of amides is 1. The Kier molecular flexibility index (Phi) is 6.72. The average Bonchev–Trinajstić information content (AvgIpc) is 3.47. The normalized spacial score (nSPS) is 11.2. The molecular weight excluding hydrogens is 511 g/mol. The fourth-order valence-corrected chi connectivity index (χ4v) is 6.90. The van der Waals surface area contributed by atoms with Gasteiger partial charge in [-0.25, -0.2) is 4.98 Å². The summed E-state index contributed by atoms with van der Waals surface area (Å²) in [5, 5.41) is 24.8. The van der Waals surface area contributed by atoms with Crippen LogP contribution in [0.4, 0.5) is 10.8 Å². The lowest BCUT2D eigenvalue weighted by molar-refractivity contribution is -0.384. The van der Waals surface area contributed by atoms with E-state index in [1.165, 1.54) is 62.9 Å². The number of fused-ring (bicyclic) bond motifs is 2. The summed E-state index contributed by atoms with van der Waals surface area (Å²) in [6.45, 7) is 0. The number of nitro groups is 1. The van der Waals surface area contributed by atoms with Crippen molar-refractivity contribution in [3.63, 3.8) is 0 Å². The van der Waals surface area contributed by atoms with Crippen molar-refractivity contribution in [2.45, 2.75) is 14.4 Å². The van der Waals surface area contributed by atoms with Gasteiger partial charge in [-0.2, -0.15) is 0 Å². The van der Waals surface area contributed by atoms with E-state index in [-0.39, 0.29) is 17.3 Å². The number of carbonyl (C=O) groups excluding carboxylic acids is 1. The Bertz CT molecular complexity index is 1510. The molecule has 8 nitrogen and oxygen atoms in total. The maximum absolute atomic E-state index is 12.4. The van der Waals surface area contributed by atoms with Crippen molar-refractivity contribution in [3.05, 3.63) is 76.3 Å². The number of hydrogen-bond donors (Lipinski definition) is 1. The highest BCUT2D eigenvalue weighted by Crippen LogP contribution is 2.33. The van der Waals surface area contributed by atoms with E-state index in [4.69, 9.17) is 0 Å². The monoisotopic (exact) mass is 525 g/mol. The molecule has 34 heavy (non-hydrogen) atoms. The molecule has 0 unspecified atom stereocenters. The number of hydrogen-bond acceptors (Lipinski definition) is 10. The number of carbonyl (C=O) groups is 1. The highest BCUT2D eigenvalue weighted by atomic mass is 32.2. The van der Waals surface area contributed by atoms with E-state index < -0.39 is 4.92 Å². The fourth-order valence-electron chi connectivity index (χ4n) is 3.23. The van der Waals surface area contributed by atoms with Crippen LogP contribution in [0.3, 0.4) is 0 Å². The molecule has 0 aliphatic rings. The fraction of sp³-hybridized carbons (Fsp3) is 0.0909. The molecule has 5 aromatic rings. The predicted molar refractivity (Wildman–Crippen MR) is 139 cm³/mol. The second-order valence-electron chi connectivity index (χ2n) is 7.03. The van der Waals surface area contributed by atoms with Crippen LogP contribution in [-0.2, 0) is 10.5 Å². The van der Waals surface area contributed by atoms with Crippen molar-refractivity contribution in [1.29, 1.82) is 0 Å². The molecular formula is C22H15N5O3S4. The van der Waals surface area contributed by atoms with Gasteiger partial charge in [-0.15, -0.1) is 21.5 Å². The third-order valence-corrected chi connectivity index (χ3v) is 8.96. The molecule has 0 bridgehead atoms. The lowest BCUT2D eigenvalue weighted by Gasteiger charge is -2.04. The number of nitro benzene ring substituents is 1. The Morgan fingerprint density at radius 3 is 2.74 bits per heavy atom. The Morgan fingerprint density at radius 2 is 1.85 bits per heavy atom. The van der Waals surface area contributed by atoms with E-state index in [9.17, 15) is 14.9 Å². The zero-order chi connectivity index (χ0) is 23.5. The Morgan fingerprint density at radius 1 is 1.00 bits per heavy atom. The SMILES string of the molecule is O=C(CSc1nc2ccc([N+](=O)[O-])cc2s1)Nc1nnc(SCc2cccc3ccccc23)s1. The minimum Gasteiger partial charge on any atom is -0.300 e. The van der Waals surface area contributed by atoms with E-state index in [0.29, 0.717) is 19.7 Å². The van der Waals surface area contributed by atoms with Crippen LogP contribution in [0.1, 0.15) is 5.56 Å². The summed E-state index contributed by atoms with van der Waals surface area (Å²) in [5.74, 6) is 0.701. The van der Waals surface area contributed by atoms with Crippen molar-refractivity contribution < 1.29 is 9.72 Å².